The number of nitriles is 1. The summed E-state index contributed by atoms with van der Waals surface area (Å²) < 4.78 is 7.15. The van der Waals surface area contributed by atoms with E-state index < -0.39 is 23.6 Å². The number of aromatic nitrogens is 3. The highest BCUT2D eigenvalue weighted by molar-refractivity contribution is 6.32. The second-order valence-electron chi connectivity index (χ2n) is 7.19. The number of methoxy groups -OCH3 is 1. The normalized spacial score (nSPS) is 19.0. The second kappa shape index (κ2) is 6.18. The Bertz CT molecular complexity index is 1350. The van der Waals surface area contributed by atoms with Crippen LogP contribution in [0.1, 0.15) is 29.8 Å². The Kier molecular flexibility index (Phi) is 3.70. The number of carbonyl (C=O) groups excluding carboxylic acids is 2. The summed E-state index contributed by atoms with van der Waals surface area (Å²) in [7, 11) is 1.13. The van der Waals surface area contributed by atoms with Gasteiger partial charge in [0.1, 0.15) is 11.8 Å². The Morgan fingerprint density at radius 3 is 2.87 bits per heavy atom. The zero-order chi connectivity index (χ0) is 21.2. The first-order chi connectivity index (χ1) is 14.5. The summed E-state index contributed by atoms with van der Waals surface area (Å²) in [5, 5.41) is 20.9. The minimum Gasteiger partial charge on any atom is -0.493 e. The van der Waals surface area contributed by atoms with Crippen molar-refractivity contribution in [3.63, 3.8) is 0 Å². The molecule has 10 heteroatoms. The van der Waals surface area contributed by atoms with Gasteiger partial charge in [-0.15, -0.1) is 0 Å². The van der Waals surface area contributed by atoms with Crippen LogP contribution < -0.4 is 5.69 Å². The largest absolute Gasteiger partial charge is 0.493 e. The third kappa shape index (κ3) is 2.17. The molecule has 2 aliphatic rings. The number of pyridine rings is 1. The maximum Gasteiger partial charge on any atom is 0.396 e. The van der Waals surface area contributed by atoms with Crippen molar-refractivity contribution < 1.29 is 19.4 Å². The molecule has 0 saturated carbocycles. The fraction of sp³-hybridized carbons (Fsp3) is 0.250. The van der Waals surface area contributed by atoms with E-state index in [1.807, 2.05) is 0 Å². The van der Waals surface area contributed by atoms with E-state index in [1.165, 1.54) is 9.47 Å². The average molecular weight is 405 g/mol. The zero-order valence-electron chi connectivity index (χ0n) is 15.8. The van der Waals surface area contributed by atoms with Crippen LogP contribution in [0.3, 0.4) is 0 Å². The maximum absolute atomic E-state index is 13.2. The van der Waals surface area contributed by atoms with Crippen molar-refractivity contribution in [1.82, 2.24) is 19.0 Å². The molecule has 1 aromatic carbocycles. The van der Waals surface area contributed by atoms with Gasteiger partial charge in [0.05, 0.1) is 36.0 Å². The zero-order valence-corrected chi connectivity index (χ0v) is 15.8. The number of aromatic hydroxyl groups is 1. The van der Waals surface area contributed by atoms with Crippen LogP contribution in [0.4, 0.5) is 0 Å². The monoisotopic (exact) mass is 405 g/mol. The number of ether oxygens (including phenoxy) is 1. The third-order valence-corrected chi connectivity index (χ3v) is 5.79. The number of fused-ring (bicyclic) bond motifs is 6. The molecule has 1 amide bonds. The van der Waals surface area contributed by atoms with Crippen LogP contribution in [0.5, 0.6) is 5.88 Å². The van der Waals surface area contributed by atoms with Gasteiger partial charge in [0.15, 0.2) is 0 Å². The van der Waals surface area contributed by atoms with Gasteiger partial charge in [-0.3, -0.25) is 14.3 Å². The molecule has 10 nitrogen and oxygen atoms in total. The molecule has 1 unspecified atom stereocenters. The standard InChI is InChI=1S/C20H15N5O5/c1-30-19(28)18(27)23-9-11-7-14(23)16-17(26)25(20(29)24(11)16)13-5-4-10(8-21)15-12(13)3-2-6-22-15/h2-6,11,14,26H,7,9H2,1H3/t11-,14?/m1/s1. The van der Waals surface area contributed by atoms with Crippen LogP contribution >= 0.6 is 0 Å². The number of likely N-dealkylation sites (tertiary alicyclic amines) is 1. The van der Waals surface area contributed by atoms with Crippen molar-refractivity contribution in [2.24, 2.45) is 0 Å². The van der Waals surface area contributed by atoms with Crippen molar-refractivity contribution in [2.45, 2.75) is 18.5 Å². The quantitative estimate of drug-likeness (QED) is 0.467. The fourth-order valence-electron chi connectivity index (χ4n) is 4.54. The fourth-order valence-corrected chi connectivity index (χ4v) is 4.54. The average Bonchev–Trinajstić information content (AvgIpc) is 3.43. The van der Waals surface area contributed by atoms with Gasteiger partial charge in [-0.1, -0.05) is 0 Å². The molecule has 0 radical (unpaired) electrons. The molecule has 1 saturated heterocycles. The van der Waals surface area contributed by atoms with Crippen LogP contribution in [-0.2, 0) is 14.3 Å². The molecule has 150 valence electrons. The number of hydrogen-bond donors (Lipinski definition) is 1. The number of esters is 1. The van der Waals surface area contributed by atoms with Crippen LogP contribution in [0, 0.1) is 11.3 Å². The molecule has 4 heterocycles. The van der Waals surface area contributed by atoms with Gasteiger partial charge < -0.3 is 14.7 Å². The minimum absolute atomic E-state index is 0.185. The van der Waals surface area contributed by atoms with Gasteiger partial charge in [-0.25, -0.2) is 14.2 Å². The lowest BCUT2D eigenvalue weighted by atomic mass is 10.1. The minimum atomic E-state index is -0.987. The smallest absolute Gasteiger partial charge is 0.396 e. The van der Waals surface area contributed by atoms with Crippen molar-refractivity contribution in [1.29, 1.82) is 5.26 Å². The Labute approximate surface area is 169 Å². The van der Waals surface area contributed by atoms with Gasteiger partial charge in [0, 0.05) is 18.1 Å². The number of carbonyl (C=O) groups is 2. The summed E-state index contributed by atoms with van der Waals surface area (Å²) in [5.41, 5.74) is 0.987. The molecule has 3 aromatic rings. The van der Waals surface area contributed by atoms with Gasteiger partial charge in [0.25, 0.3) is 0 Å². The number of imidazole rings is 1. The van der Waals surface area contributed by atoms with E-state index in [2.05, 4.69) is 15.8 Å². The van der Waals surface area contributed by atoms with E-state index >= 15 is 0 Å². The second-order valence-corrected chi connectivity index (χ2v) is 7.19. The SMILES string of the molecule is COC(=O)C(=O)N1C[C@H]2CC1c1c(O)n(-c3ccc(C#N)c4ncccc34)c(=O)n12. The van der Waals surface area contributed by atoms with Gasteiger partial charge in [0.2, 0.25) is 5.88 Å². The highest BCUT2D eigenvalue weighted by atomic mass is 16.5. The van der Waals surface area contributed by atoms with E-state index in [4.69, 9.17) is 0 Å². The molecule has 5 rings (SSSR count). The van der Waals surface area contributed by atoms with E-state index in [0.717, 1.165) is 11.7 Å². The van der Waals surface area contributed by atoms with Crippen LogP contribution in [0.25, 0.3) is 16.6 Å². The first kappa shape index (κ1) is 17.9. The predicted molar refractivity (Wildman–Crippen MR) is 102 cm³/mol. The first-order valence-corrected chi connectivity index (χ1v) is 9.21. The Morgan fingerprint density at radius 2 is 2.13 bits per heavy atom. The summed E-state index contributed by atoms with van der Waals surface area (Å²) in [6.07, 6.45) is 1.99. The lowest BCUT2D eigenvalue weighted by Crippen LogP contribution is -2.41. The molecular formula is C20H15N5O5. The number of amides is 1. The van der Waals surface area contributed by atoms with Gasteiger partial charge in [-0.05, 0) is 30.7 Å². The Balaban J connectivity index is 1.69. The molecule has 2 bridgehead atoms. The highest BCUT2D eigenvalue weighted by Gasteiger charge is 2.50. The molecule has 2 aliphatic heterocycles. The number of rotatable bonds is 1. The van der Waals surface area contributed by atoms with Gasteiger partial charge >= 0.3 is 17.6 Å². The van der Waals surface area contributed by atoms with Crippen molar-refractivity contribution in [3.05, 3.63) is 52.2 Å². The van der Waals surface area contributed by atoms with E-state index in [0.29, 0.717) is 28.6 Å². The summed E-state index contributed by atoms with van der Waals surface area (Å²) in [5.74, 6) is -2.09. The number of benzene rings is 1. The highest BCUT2D eigenvalue weighted by Crippen LogP contribution is 2.48. The predicted octanol–water partition coefficient (Wildman–Crippen LogP) is 0.766. The molecule has 30 heavy (non-hydrogen) atoms. The van der Waals surface area contributed by atoms with Crippen LogP contribution in [0.15, 0.2) is 35.3 Å². The van der Waals surface area contributed by atoms with E-state index in [1.54, 1.807) is 30.5 Å². The van der Waals surface area contributed by atoms with Crippen molar-refractivity contribution >= 4 is 22.8 Å². The first-order valence-electron chi connectivity index (χ1n) is 9.21. The van der Waals surface area contributed by atoms with Gasteiger partial charge in [-0.2, -0.15) is 5.26 Å². The maximum atomic E-state index is 13.2. The lowest BCUT2D eigenvalue weighted by Gasteiger charge is -2.26. The summed E-state index contributed by atoms with van der Waals surface area (Å²) in [6, 6.07) is 7.65. The van der Waals surface area contributed by atoms with Crippen LogP contribution in [0.2, 0.25) is 0 Å². The van der Waals surface area contributed by atoms with Crippen LogP contribution in [-0.4, -0.2) is 49.7 Å². The summed E-state index contributed by atoms with van der Waals surface area (Å²) in [4.78, 5) is 42.8. The topological polar surface area (TPSA) is 130 Å². The van der Waals surface area contributed by atoms with E-state index in [9.17, 15) is 24.8 Å². The van der Waals surface area contributed by atoms with Crippen molar-refractivity contribution in [2.75, 3.05) is 13.7 Å². The third-order valence-electron chi connectivity index (χ3n) is 5.79. The van der Waals surface area contributed by atoms with E-state index in [-0.39, 0.29) is 24.2 Å². The number of nitrogens with zero attached hydrogens (tertiary/aromatic N) is 5. The molecule has 0 aliphatic carbocycles. The summed E-state index contributed by atoms with van der Waals surface area (Å²) in [6.45, 7) is 0.185. The molecule has 0 spiro atoms. The Morgan fingerprint density at radius 1 is 1.33 bits per heavy atom. The Hall–Kier alpha value is -4.13. The molecular weight excluding hydrogens is 390 g/mol. The molecule has 2 aromatic heterocycles. The lowest BCUT2D eigenvalue weighted by molar-refractivity contribution is -0.159. The number of hydrogen-bond acceptors (Lipinski definition) is 7. The molecule has 1 N–H and O–H groups in total. The molecule has 2 atom stereocenters. The summed E-state index contributed by atoms with van der Waals surface area (Å²) >= 11 is 0. The molecule has 1 fully saturated rings. The van der Waals surface area contributed by atoms with Crippen molar-refractivity contribution in [3.8, 4) is 17.6 Å².